The maximum atomic E-state index is 13.8. The molecule has 2 saturated heterocycles. The Hall–Kier alpha value is -3.47. The van der Waals surface area contributed by atoms with Crippen LogP contribution in [0.5, 0.6) is 5.75 Å². The molecule has 3 fully saturated rings. The first-order chi connectivity index (χ1) is 19.5. The molecule has 0 aromatic heterocycles. The number of methoxy groups -OCH3 is 1. The van der Waals surface area contributed by atoms with Crippen LogP contribution in [-0.4, -0.2) is 78.3 Å². The number of hydrogen-bond acceptors (Lipinski definition) is 7. The van der Waals surface area contributed by atoms with Crippen LogP contribution in [-0.2, 0) is 35.1 Å². The Bertz CT molecular complexity index is 1140. The highest BCUT2D eigenvalue weighted by Crippen LogP contribution is 2.33. The third-order valence-corrected chi connectivity index (χ3v) is 8.70. The van der Waals surface area contributed by atoms with Crippen LogP contribution in [0.3, 0.4) is 0 Å². The van der Waals surface area contributed by atoms with E-state index in [-0.39, 0.29) is 31.1 Å². The number of carbonyl (C=O) groups excluding carboxylic acids is 5. The first kappa shape index (κ1) is 30.5. The summed E-state index contributed by atoms with van der Waals surface area (Å²) in [5.74, 6) is -1.48. The van der Waals surface area contributed by atoms with Gasteiger partial charge in [0.2, 0.25) is 23.6 Å². The fourth-order valence-corrected chi connectivity index (χ4v) is 5.82. The summed E-state index contributed by atoms with van der Waals surface area (Å²) in [5, 5.41) is 5.75. The molecular weight excluding hydrogens is 528 g/mol. The highest BCUT2D eigenvalue weighted by molar-refractivity contribution is 5.98. The van der Waals surface area contributed by atoms with Crippen molar-refractivity contribution in [2.75, 3.05) is 20.3 Å². The molecule has 1 saturated carbocycles. The van der Waals surface area contributed by atoms with Gasteiger partial charge in [-0.25, -0.2) is 0 Å². The topological polar surface area (TPSA) is 160 Å². The van der Waals surface area contributed by atoms with Crippen molar-refractivity contribution in [2.45, 2.75) is 88.9 Å². The van der Waals surface area contributed by atoms with Crippen LogP contribution in [0, 0.1) is 11.8 Å². The molecule has 0 radical (unpaired) electrons. The van der Waals surface area contributed by atoms with Gasteiger partial charge in [0.05, 0.1) is 25.7 Å². The average Bonchev–Trinajstić information content (AvgIpc) is 3.50. The highest BCUT2D eigenvalue weighted by atomic mass is 16.6. The first-order valence-electron chi connectivity index (χ1n) is 14.5. The van der Waals surface area contributed by atoms with E-state index in [9.17, 15) is 24.0 Å². The standard InChI is InChI=1S/C30H42N4O7/c1-18(34-16-21(27(31)37)10-13-25(34)35)28(38)33-24(15-20-8-11-22(40-3)12-9-20)29(39)32-23(14-19-6-4-5-7-19)26(36)30(2)17-41-30/h8-9,11-12,18-19,21,23-24H,4-7,10,13-17H2,1-3H3,(H2,31,37)(H,32,39)(H,33,38)/t18-,21?,23+,24+,30-/m1/s1. The molecule has 2 heterocycles. The Morgan fingerprint density at radius 3 is 2.29 bits per heavy atom. The number of Topliss-reactive ketones (excluding diaryl/α,β-unsaturated/α-hetero) is 1. The molecule has 4 N–H and O–H groups in total. The van der Waals surface area contributed by atoms with Crippen LogP contribution in [0.25, 0.3) is 0 Å². The summed E-state index contributed by atoms with van der Waals surface area (Å²) in [4.78, 5) is 66.2. The van der Waals surface area contributed by atoms with Crippen molar-refractivity contribution in [2.24, 2.45) is 17.6 Å². The molecule has 0 bridgehead atoms. The van der Waals surface area contributed by atoms with E-state index >= 15 is 0 Å². The van der Waals surface area contributed by atoms with Gasteiger partial charge in [-0.2, -0.15) is 0 Å². The summed E-state index contributed by atoms with van der Waals surface area (Å²) < 4.78 is 10.6. The van der Waals surface area contributed by atoms with Crippen LogP contribution in [0.4, 0.5) is 0 Å². The van der Waals surface area contributed by atoms with Gasteiger partial charge in [0.25, 0.3) is 0 Å². The lowest BCUT2D eigenvalue weighted by Crippen LogP contribution is -2.58. The summed E-state index contributed by atoms with van der Waals surface area (Å²) in [5.41, 5.74) is 5.34. The monoisotopic (exact) mass is 570 g/mol. The fraction of sp³-hybridized carbons (Fsp3) is 0.633. The van der Waals surface area contributed by atoms with Gasteiger partial charge in [0.15, 0.2) is 5.78 Å². The molecule has 0 spiro atoms. The number of ether oxygens (including phenoxy) is 2. The van der Waals surface area contributed by atoms with Gasteiger partial charge in [-0.1, -0.05) is 37.8 Å². The van der Waals surface area contributed by atoms with Gasteiger partial charge in [-0.3, -0.25) is 24.0 Å². The first-order valence-corrected chi connectivity index (χ1v) is 14.5. The molecule has 41 heavy (non-hydrogen) atoms. The van der Waals surface area contributed by atoms with Gasteiger partial charge >= 0.3 is 0 Å². The Balaban J connectivity index is 1.52. The van der Waals surface area contributed by atoms with Crippen molar-refractivity contribution < 1.29 is 33.4 Å². The normalized spacial score (nSPS) is 24.7. The van der Waals surface area contributed by atoms with Gasteiger partial charge in [-0.15, -0.1) is 0 Å². The number of primary amides is 1. The lowest BCUT2D eigenvalue weighted by atomic mass is 9.90. The van der Waals surface area contributed by atoms with E-state index in [4.69, 9.17) is 15.2 Å². The highest BCUT2D eigenvalue weighted by Gasteiger charge is 2.50. The number of hydrogen-bond donors (Lipinski definition) is 3. The number of nitrogens with zero attached hydrogens (tertiary/aromatic N) is 1. The molecule has 11 heteroatoms. The molecule has 4 rings (SSSR count). The second-order valence-corrected chi connectivity index (χ2v) is 11.8. The molecule has 2 aliphatic heterocycles. The van der Waals surface area contributed by atoms with Crippen LogP contribution < -0.4 is 21.1 Å². The van der Waals surface area contributed by atoms with Crippen LogP contribution in [0.15, 0.2) is 24.3 Å². The van der Waals surface area contributed by atoms with Gasteiger partial charge in [-0.05, 0) is 50.3 Å². The second-order valence-electron chi connectivity index (χ2n) is 11.8. The largest absolute Gasteiger partial charge is 0.497 e. The maximum Gasteiger partial charge on any atom is 0.243 e. The molecule has 1 aromatic carbocycles. The quantitative estimate of drug-likeness (QED) is 0.301. The average molecular weight is 571 g/mol. The Labute approximate surface area is 240 Å². The van der Waals surface area contributed by atoms with Crippen LogP contribution in [0.2, 0.25) is 0 Å². The molecule has 3 aliphatic rings. The number of carbonyl (C=O) groups is 5. The molecule has 1 aliphatic carbocycles. The number of likely N-dealkylation sites (tertiary alicyclic amines) is 1. The van der Waals surface area contributed by atoms with Crippen LogP contribution in [0.1, 0.15) is 64.4 Å². The predicted molar refractivity (Wildman–Crippen MR) is 150 cm³/mol. The zero-order valence-corrected chi connectivity index (χ0v) is 24.1. The van der Waals surface area contributed by atoms with Gasteiger partial charge in [0.1, 0.15) is 23.4 Å². The molecule has 224 valence electrons. The molecule has 4 amide bonds. The Morgan fingerprint density at radius 1 is 1.07 bits per heavy atom. The zero-order chi connectivity index (χ0) is 29.7. The molecule has 11 nitrogen and oxygen atoms in total. The van der Waals surface area contributed by atoms with E-state index in [1.54, 1.807) is 45.2 Å². The van der Waals surface area contributed by atoms with E-state index < -0.39 is 47.4 Å². The number of benzene rings is 1. The number of piperidine rings is 1. The second kappa shape index (κ2) is 13.0. The van der Waals surface area contributed by atoms with Crippen molar-refractivity contribution in [1.29, 1.82) is 0 Å². The number of ketones is 1. The van der Waals surface area contributed by atoms with E-state index in [0.29, 0.717) is 31.1 Å². The number of amides is 4. The van der Waals surface area contributed by atoms with E-state index in [0.717, 1.165) is 31.2 Å². The molecule has 1 unspecified atom stereocenters. The van der Waals surface area contributed by atoms with Gasteiger partial charge in [0, 0.05) is 19.4 Å². The lowest BCUT2D eigenvalue weighted by Gasteiger charge is -2.35. The molecular formula is C30H42N4O7. The SMILES string of the molecule is COc1ccc(C[C@H](NC(=O)[C@@H](C)N2CC(C(N)=O)CCC2=O)C(=O)N[C@@H](CC2CCCC2)C(=O)[C@@]2(C)CO2)cc1. The fourth-order valence-electron chi connectivity index (χ4n) is 5.82. The van der Waals surface area contributed by atoms with E-state index in [1.165, 1.54) is 4.90 Å². The van der Waals surface area contributed by atoms with Crippen molar-refractivity contribution in [1.82, 2.24) is 15.5 Å². The summed E-state index contributed by atoms with van der Waals surface area (Å²) in [6, 6.07) is 4.47. The minimum Gasteiger partial charge on any atom is -0.497 e. The minimum absolute atomic E-state index is 0.0502. The predicted octanol–water partition coefficient (Wildman–Crippen LogP) is 1.26. The smallest absolute Gasteiger partial charge is 0.243 e. The third-order valence-electron chi connectivity index (χ3n) is 8.70. The maximum absolute atomic E-state index is 13.8. The summed E-state index contributed by atoms with van der Waals surface area (Å²) >= 11 is 0. The van der Waals surface area contributed by atoms with Crippen molar-refractivity contribution in [3.63, 3.8) is 0 Å². The van der Waals surface area contributed by atoms with E-state index in [2.05, 4.69) is 10.6 Å². The Morgan fingerprint density at radius 2 is 1.71 bits per heavy atom. The van der Waals surface area contributed by atoms with Gasteiger partial charge < -0.3 is 30.7 Å². The lowest BCUT2D eigenvalue weighted by molar-refractivity contribution is -0.145. The molecule has 5 atom stereocenters. The summed E-state index contributed by atoms with van der Waals surface area (Å²) in [7, 11) is 1.56. The number of nitrogens with two attached hydrogens (primary N) is 1. The number of epoxide rings is 1. The van der Waals surface area contributed by atoms with Crippen molar-refractivity contribution >= 4 is 29.4 Å². The molecule has 1 aromatic rings. The van der Waals surface area contributed by atoms with Crippen LogP contribution >= 0.6 is 0 Å². The van der Waals surface area contributed by atoms with Crippen molar-refractivity contribution in [3.05, 3.63) is 29.8 Å². The Kier molecular flexibility index (Phi) is 9.68. The number of nitrogens with one attached hydrogen (secondary N) is 2. The summed E-state index contributed by atoms with van der Waals surface area (Å²) in [6.07, 6.45) is 5.38. The minimum atomic E-state index is -1.02. The van der Waals surface area contributed by atoms with Crippen molar-refractivity contribution in [3.8, 4) is 5.75 Å². The third kappa shape index (κ3) is 7.63. The number of rotatable bonds is 13. The summed E-state index contributed by atoms with van der Waals surface area (Å²) in [6.45, 7) is 3.67. The zero-order valence-electron chi connectivity index (χ0n) is 24.1. The van der Waals surface area contributed by atoms with E-state index in [1.807, 2.05) is 0 Å².